The van der Waals surface area contributed by atoms with Crippen LogP contribution in [0.3, 0.4) is 0 Å². The Labute approximate surface area is 117 Å². The molecule has 2 unspecified atom stereocenters. The van der Waals surface area contributed by atoms with Crippen LogP contribution < -0.4 is 11.1 Å². The van der Waals surface area contributed by atoms with Gasteiger partial charge in [0.05, 0.1) is 16.8 Å². The Morgan fingerprint density at radius 2 is 2.26 bits per heavy atom. The molecule has 4 nitrogen and oxygen atoms in total. The lowest BCUT2D eigenvalue weighted by Gasteiger charge is -2.15. The van der Waals surface area contributed by atoms with Crippen molar-refractivity contribution >= 4 is 22.0 Å². The molecule has 2 atom stereocenters. The number of thiophene rings is 1. The van der Waals surface area contributed by atoms with Crippen molar-refractivity contribution in [2.75, 3.05) is 24.2 Å². The molecule has 102 valence electrons. The van der Waals surface area contributed by atoms with E-state index in [2.05, 4.69) is 18.3 Å². The number of nitrogens with two attached hydrogens (primary N) is 1. The van der Waals surface area contributed by atoms with E-state index in [0.29, 0.717) is 28.5 Å². The highest BCUT2D eigenvalue weighted by atomic mass is 32.1. The second kappa shape index (κ2) is 5.03. The Morgan fingerprint density at radius 1 is 1.47 bits per heavy atom. The Balaban J connectivity index is 1.75. The highest BCUT2D eigenvalue weighted by Crippen LogP contribution is 2.50. The molecule has 0 amide bonds. The van der Waals surface area contributed by atoms with Gasteiger partial charge in [0.2, 0.25) is 0 Å². The second-order valence-corrected chi connectivity index (χ2v) is 6.50. The highest BCUT2D eigenvalue weighted by molar-refractivity contribution is 7.17. The first-order valence-corrected chi connectivity index (χ1v) is 7.70. The van der Waals surface area contributed by atoms with Crippen LogP contribution in [0.5, 0.6) is 0 Å². The standard InChI is InChI=1S/C14H19N3OS/c1-8-10(4-5-18-8)7-17-14-12(9-2-3-9)13(16)11(6-15)19-14/h8-10,17H,2-5,7,16H2,1H3. The van der Waals surface area contributed by atoms with Crippen molar-refractivity contribution in [3.8, 4) is 6.07 Å². The molecule has 3 rings (SSSR count). The lowest BCUT2D eigenvalue weighted by atomic mass is 10.0. The largest absolute Gasteiger partial charge is 0.397 e. The van der Waals surface area contributed by atoms with Crippen LogP contribution in [-0.2, 0) is 4.74 Å². The maximum absolute atomic E-state index is 9.11. The van der Waals surface area contributed by atoms with Crippen LogP contribution in [0.1, 0.15) is 42.5 Å². The summed E-state index contributed by atoms with van der Waals surface area (Å²) in [6, 6.07) is 2.20. The third-order valence-electron chi connectivity index (χ3n) is 4.13. The van der Waals surface area contributed by atoms with Crippen molar-refractivity contribution < 1.29 is 4.74 Å². The maximum Gasteiger partial charge on any atom is 0.130 e. The molecule has 3 N–H and O–H groups in total. The van der Waals surface area contributed by atoms with E-state index in [9.17, 15) is 0 Å². The molecule has 2 fully saturated rings. The van der Waals surface area contributed by atoms with Gasteiger partial charge >= 0.3 is 0 Å². The number of nitrogens with zero attached hydrogens (tertiary/aromatic N) is 1. The topological polar surface area (TPSA) is 71.1 Å². The van der Waals surface area contributed by atoms with E-state index >= 15 is 0 Å². The van der Waals surface area contributed by atoms with E-state index in [1.54, 1.807) is 0 Å². The monoisotopic (exact) mass is 277 g/mol. The summed E-state index contributed by atoms with van der Waals surface area (Å²) in [7, 11) is 0. The minimum atomic E-state index is 0.324. The van der Waals surface area contributed by atoms with E-state index in [1.807, 2.05) is 0 Å². The predicted octanol–water partition coefficient (Wildman–Crippen LogP) is 2.92. The third-order valence-corrected chi connectivity index (χ3v) is 5.21. The quantitative estimate of drug-likeness (QED) is 0.887. The minimum absolute atomic E-state index is 0.324. The molecule has 0 radical (unpaired) electrons. The van der Waals surface area contributed by atoms with Crippen molar-refractivity contribution in [3.05, 3.63) is 10.4 Å². The van der Waals surface area contributed by atoms with Crippen LogP contribution in [0.4, 0.5) is 10.7 Å². The fourth-order valence-electron chi connectivity index (χ4n) is 2.72. The van der Waals surface area contributed by atoms with E-state index in [1.165, 1.54) is 29.7 Å². The zero-order valence-electron chi connectivity index (χ0n) is 11.1. The summed E-state index contributed by atoms with van der Waals surface area (Å²) in [5, 5.41) is 13.7. The number of nitrogen functional groups attached to an aromatic ring is 1. The molecule has 1 saturated heterocycles. The van der Waals surface area contributed by atoms with Crippen LogP contribution in [0.15, 0.2) is 0 Å². The molecule has 1 saturated carbocycles. The molecule has 0 aromatic carbocycles. The van der Waals surface area contributed by atoms with Crippen molar-refractivity contribution in [1.29, 1.82) is 5.26 Å². The summed E-state index contributed by atoms with van der Waals surface area (Å²) in [6.45, 7) is 3.90. The lowest BCUT2D eigenvalue weighted by molar-refractivity contribution is 0.108. The van der Waals surface area contributed by atoms with Gasteiger partial charge in [0, 0.05) is 24.6 Å². The first-order valence-electron chi connectivity index (χ1n) is 6.88. The van der Waals surface area contributed by atoms with Gasteiger partial charge < -0.3 is 15.8 Å². The van der Waals surface area contributed by atoms with Gasteiger partial charge in [-0.2, -0.15) is 5.26 Å². The van der Waals surface area contributed by atoms with Gasteiger partial charge in [0.15, 0.2) is 0 Å². The number of nitriles is 1. The summed E-state index contributed by atoms with van der Waals surface area (Å²) in [5.41, 5.74) is 7.98. The van der Waals surface area contributed by atoms with Crippen molar-refractivity contribution in [2.45, 2.75) is 38.2 Å². The number of hydrogen-bond donors (Lipinski definition) is 2. The predicted molar refractivity (Wildman–Crippen MR) is 77.4 cm³/mol. The molecule has 1 aliphatic heterocycles. The SMILES string of the molecule is CC1OCCC1CNc1sc(C#N)c(N)c1C1CC1. The Hall–Kier alpha value is -1.25. The van der Waals surface area contributed by atoms with Gasteiger partial charge in [0.25, 0.3) is 0 Å². The van der Waals surface area contributed by atoms with Gasteiger partial charge in [-0.05, 0) is 32.1 Å². The van der Waals surface area contributed by atoms with Gasteiger partial charge in [-0.3, -0.25) is 0 Å². The molecule has 1 aromatic heterocycles. The summed E-state index contributed by atoms with van der Waals surface area (Å²) in [4.78, 5) is 0.653. The van der Waals surface area contributed by atoms with Crippen LogP contribution in [0.25, 0.3) is 0 Å². The number of hydrogen-bond acceptors (Lipinski definition) is 5. The fraction of sp³-hybridized carbons (Fsp3) is 0.643. The zero-order valence-corrected chi connectivity index (χ0v) is 11.9. The molecule has 2 heterocycles. The molecule has 0 spiro atoms. The molecular weight excluding hydrogens is 258 g/mol. The first kappa shape index (κ1) is 12.8. The summed E-state index contributed by atoms with van der Waals surface area (Å²) in [5.74, 6) is 1.12. The van der Waals surface area contributed by atoms with E-state index in [4.69, 9.17) is 15.7 Å². The molecular formula is C14H19N3OS. The number of nitrogens with one attached hydrogen (secondary N) is 1. The van der Waals surface area contributed by atoms with Gasteiger partial charge in [-0.1, -0.05) is 0 Å². The smallest absolute Gasteiger partial charge is 0.130 e. The number of anilines is 2. The van der Waals surface area contributed by atoms with Crippen LogP contribution >= 0.6 is 11.3 Å². The average molecular weight is 277 g/mol. The second-order valence-electron chi connectivity index (χ2n) is 5.48. The maximum atomic E-state index is 9.11. The Bertz CT molecular complexity index is 515. The van der Waals surface area contributed by atoms with E-state index < -0.39 is 0 Å². The normalized spacial score (nSPS) is 26.3. The summed E-state index contributed by atoms with van der Waals surface area (Å²) >= 11 is 1.50. The fourth-order valence-corrected chi connectivity index (χ4v) is 3.73. The Kier molecular flexibility index (Phi) is 3.38. The first-order chi connectivity index (χ1) is 9.20. The van der Waals surface area contributed by atoms with Crippen LogP contribution in [0.2, 0.25) is 0 Å². The average Bonchev–Trinajstić information content (AvgIpc) is 3.07. The van der Waals surface area contributed by atoms with Crippen molar-refractivity contribution in [1.82, 2.24) is 0 Å². The molecule has 1 aromatic rings. The van der Waals surface area contributed by atoms with E-state index in [0.717, 1.165) is 24.6 Å². The molecule has 19 heavy (non-hydrogen) atoms. The molecule has 0 bridgehead atoms. The molecule has 1 aliphatic carbocycles. The van der Waals surface area contributed by atoms with Crippen LogP contribution in [-0.4, -0.2) is 19.3 Å². The molecule has 5 heteroatoms. The summed E-state index contributed by atoms with van der Waals surface area (Å²) < 4.78 is 5.58. The number of rotatable bonds is 4. The van der Waals surface area contributed by atoms with Gasteiger partial charge in [-0.15, -0.1) is 11.3 Å². The Morgan fingerprint density at radius 3 is 2.84 bits per heavy atom. The third kappa shape index (κ3) is 2.43. The van der Waals surface area contributed by atoms with Crippen molar-refractivity contribution in [2.24, 2.45) is 5.92 Å². The van der Waals surface area contributed by atoms with Crippen LogP contribution in [0, 0.1) is 17.2 Å². The minimum Gasteiger partial charge on any atom is -0.397 e. The lowest BCUT2D eigenvalue weighted by Crippen LogP contribution is -2.20. The van der Waals surface area contributed by atoms with E-state index in [-0.39, 0.29) is 0 Å². The number of ether oxygens (including phenoxy) is 1. The summed E-state index contributed by atoms with van der Waals surface area (Å²) in [6.07, 6.45) is 3.83. The van der Waals surface area contributed by atoms with Gasteiger partial charge in [0.1, 0.15) is 10.9 Å². The highest BCUT2D eigenvalue weighted by Gasteiger charge is 2.32. The van der Waals surface area contributed by atoms with Gasteiger partial charge in [-0.25, -0.2) is 0 Å². The van der Waals surface area contributed by atoms with Crippen molar-refractivity contribution in [3.63, 3.8) is 0 Å². The molecule has 2 aliphatic rings. The zero-order chi connectivity index (χ0) is 13.4.